The van der Waals surface area contributed by atoms with E-state index in [0.717, 1.165) is 18.9 Å². The lowest BCUT2D eigenvalue weighted by atomic mass is 10.3. The van der Waals surface area contributed by atoms with E-state index < -0.39 is 0 Å². The van der Waals surface area contributed by atoms with Crippen LogP contribution in [0, 0.1) is 0 Å². The Morgan fingerprint density at radius 3 is 2.59 bits per heavy atom. The van der Waals surface area contributed by atoms with Gasteiger partial charge in [0.2, 0.25) is 0 Å². The summed E-state index contributed by atoms with van der Waals surface area (Å²) < 4.78 is 8.20. The van der Waals surface area contributed by atoms with Gasteiger partial charge in [-0.3, -0.25) is 0 Å². The number of hydrogen-bond acceptors (Lipinski definition) is 5. The molecule has 1 aliphatic heterocycles. The molecular weight excluding hydrogens is 345 g/mol. The molecule has 1 aliphatic rings. The summed E-state index contributed by atoms with van der Waals surface area (Å²) in [5.74, 6) is 0.870. The summed E-state index contributed by atoms with van der Waals surface area (Å²) in [6, 6.07) is 4.88. The molecule has 0 aliphatic carbocycles. The van der Waals surface area contributed by atoms with Gasteiger partial charge < -0.3 is 15.1 Å². The maximum atomic E-state index is 12.3. The molecule has 6 nitrogen and oxygen atoms in total. The number of benzene rings is 1. The van der Waals surface area contributed by atoms with Crippen molar-refractivity contribution in [2.24, 2.45) is 0 Å². The van der Waals surface area contributed by atoms with Crippen LogP contribution >= 0.6 is 34.9 Å². The molecule has 0 unspecified atom stereocenters. The topological polar surface area (TPSA) is 61.4 Å². The van der Waals surface area contributed by atoms with Crippen molar-refractivity contribution in [2.45, 2.75) is 0 Å². The van der Waals surface area contributed by atoms with Gasteiger partial charge in [-0.15, -0.1) is 0 Å². The molecule has 0 atom stereocenters. The standard InChI is InChI=1S/C13H13Cl2N5OS/c14-10-2-1-9(7-11(10)15)17-13(21)20-5-3-19(4-6-20)12-8-16-22-18-12/h1-2,7-8H,3-6H2,(H,17,21). The molecule has 0 bridgehead atoms. The number of halogens is 2. The number of hydrogen-bond donors (Lipinski definition) is 1. The fourth-order valence-corrected chi connectivity index (χ4v) is 2.95. The second-order valence-corrected chi connectivity index (χ2v) is 6.17. The molecule has 0 saturated carbocycles. The second kappa shape index (κ2) is 6.68. The fraction of sp³-hybridized carbons (Fsp3) is 0.308. The monoisotopic (exact) mass is 357 g/mol. The minimum Gasteiger partial charge on any atom is -0.351 e. The number of urea groups is 1. The smallest absolute Gasteiger partial charge is 0.321 e. The zero-order valence-electron chi connectivity index (χ0n) is 11.5. The molecule has 0 radical (unpaired) electrons. The van der Waals surface area contributed by atoms with Crippen LogP contribution in [0.1, 0.15) is 0 Å². The van der Waals surface area contributed by atoms with Gasteiger partial charge >= 0.3 is 6.03 Å². The van der Waals surface area contributed by atoms with Crippen molar-refractivity contribution in [1.82, 2.24) is 13.6 Å². The van der Waals surface area contributed by atoms with E-state index >= 15 is 0 Å². The first-order valence-corrected chi connectivity index (χ1v) is 8.15. The first kappa shape index (κ1) is 15.3. The largest absolute Gasteiger partial charge is 0.351 e. The number of amides is 2. The van der Waals surface area contributed by atoms with Gasteiger partial charge in [0.15, 0.2) is 5.82 Å². The van der Waals surface area contributed by atoms with E-state index in [9.17, 15) is 4.79 Å². The third-order valence-electron chi connectivity index (χ3n) is 3.41. The molecule has 0 spiro atoms. The van der Waals surface area contributed by atoms with Crippen molar-refractivity contribution < 1.29 is 4.79 Å². The number of anilines is 2. The third kappa shape index (κ3) is 3.43. The quantitative estimate of drug-likeness (QED) is 0.896. The van der Waals surface area contributed by atoms with Gasteiger partial charge in [0.05, 0.1) is 28.0 Å². The fourth-order valence-electron chi connectivity index (χ4n) is 2.21. The first-order chi connectivity index (χ1) is 10.6. The van der Waals surface area contributed by atoms with Crippen LogP contribution in [0.4, 0.5) is 16.3 Å². The van der Waals surface area contributed by atoms with Gasteiger partial charge in [0.1, 0.15) is 0 Å². The van der Waals surface area contributed by atoms with Gasteiger partial charge in [0.25, 0.3) is 0 Å². The van der Waals surface area contributed by atoms with Crippen molar-refractivity contribution in [3.8, 4) is 0 Å². The number of carbonyl (C=O) groups excluding carboxylic acids is 1. The molecule has 116 valence electrons. The average molecular weight is 358 g/mol. The van der Waals surface area contributed by atoms with Gasteiger partial charge in [-0.25, -0.2) is 4.79 Å². The van der Waals surface area contributed by atoms with Crippen molar-refractivity contribution in [2.75, 3.05) is 36.4 Å². The van der Waals surface area contributed by atoms with Crippen molar-refractivity contribution in [1.29, 1.82) is 0 Å². The third-order valence-corrected chi connectivity index (χ3v) is 4.62. The Morgan fingerprint density at radius 2 is 1.95 bits per heavy atom. The molecular formula is C13H13Cl2N5OS. The SMILES string of the molecule is O=C(Nc1ccc(Cl)c(Cl)c1)N1CCN(c2cnsn2)CC1. The minimum absolute atomic E-state index is 0.144. The second-order valence-electron chi connectivity index (χ2n) is 4.80. The molecule has 9 heteroatoms. The Balaban J connectivity index is 1.56. The summed E-state index contributed by atoms with van der Waals surface area (Å²) in [5, 5.41) is 3.71. The summed E-state index contributed by atoms with van der Waals surface area (Å²) in [6.07, 6.45) is 1.75. The number of rotatable bonds is 2. The number of nitrogens with one attached hydrogen (secondary N) is 1. The van der Waals surface area contributed by atoms with Crippen LogP contribution in [0.3, 0.4) is 0 Å². The van der Waals surface area contributed by atoms with E-state index in [1.807, 2.05) is 0 Å². The molecule has 22 heavy (non-hydrogen) atoms. The van der Waals surface area contributed by atoms with E-state index in [4.69, 9.17) is 23.2 Å². The van der Waals surface area contributed by atoms with Gasteiger partial charge in [-0.1, -0.05) is 23.2 Å². The predicted octanol–water partition coefficient (Wildman–Crippen LogP) is 3.20. The van der Waals surface area contributed by atoms with Gasteiger partial charge in [-0.05, 0) is 18.2 Å². The highest BCUT2D eigenvalue weighted by atomic mass is 35.5. The molecule has 2 heterocycles. The number of piperazine rings is 1. The molecule has 2 amide bonds. The molecule has 1 aromatic heterocycles. The van der Waals surface area contributed by atoms with E-state index in [0.29, 0.717) is 28.8 Å². The summed E-state index contributed by atoms with van der Waals surface area (Å²) in [5.41, 5.74) is 0.630. The van der Waals surface area contributed by atoms with Gasteiger partial charge in [-0.2, -0.15) is 8.75 Å². The number of aromatic nitrogens is 2. The molecule has 1 fully saturated rings. The number of carbonyl (C=O) groups is 1. The summed E-state index contributed by atoms with van der Waals surface area (Å²) in [4.78, 5) is 16.1. The van der Waals surface area contributed by atoms with Crippen LogP contribution in [-0.4, -0.2) is 45.9 Å². The van der Waals surface area contributed by atoms with Crippen molar-refractivity contribution in [3.05, 3.63) is 34.4 Å². The highest BCUT2D eigenvalue weighted by Crippen LogP contribution is 2.25. The summed E-state index contributed by atoms with van der Waals surface area (Å²) in [6.45, 7) is 2.73. The maximum absolute atomic E-state index is 12.3. The lowest BCUT2D eigenvalue weighted by molar-refractivity contribution is 0.208. The zero-order valence-corrected chi connectivity index (χ0v) is 13.8. The maximum Gasteiger partial charge on any atom is 0.321 e. The Bertz CT molecular complexity index is 658. The van der Waals surface area contributed by atoms with Crippen LogP contribution < -0.4 is 10.2 Å². The Hall–Kier alpha value is -1.57. The highest BCUT2D eigenvalue weighted by Gasteiger charge is 2.22. The minimum atomic E-state index is -0.144. The van der Waals surface area contributed by atoms with Crippen molar-refractivity contribution in [3.63, 3.8) is 0 Å². The highest BCUT2D eigenvalue weighted by molar-refractivity contribution is 6.99. The zero-order chi connectivity index (χ0) is 15.5. The predicted molar refractivity (Wildman–Crippen MR) is 89.2 cm³/mol. The summed E-state index contributed by atoms with van der Waals surface area (Å²) in [7, 11) is 0. The molecule has 1 N–H and O–H groups in total. The van der Waals surface area contributed by atoms with E-state index in [1.165, 1.54) is 11.7 Å². The Labute approximate surface area is 142 Å². The molecule has 1 saturated heterocycles. The Morgan fingerprint density at radius 1 is 1.18 bits per heavy atom. The van der Waals surface area contributed by atoms with E-state index in [1.54, 1.807) is 29.3 Å². The van der Waals surface area contributed by atoms with Crippen LogP contribution in [0.25, 0.3) is 0 Å². The number of nitrogens with zero attached hydrogens (tertiary/aromatic N) is 4. The molecule has 3 rings (SSSR count). The molecule has 2 aromatic rings. The average Bonchev–Trinajstić information content (AvgIpc) is 3.05. The lowest BCUT2D eigenvalue weighted by Crippen LogP contribution is -2.50. The van der Waals surface area contributed by atoms with Gasteiger partial charge in [0, 0.05) is 31.9 Å². The Kier molecular flexibility index (Phi) is 4.66. The molecule has 1 aromatic carbocycles. The van der Waals surface area contributed by atoms with E-state index in [2.05, 4.69) is 19.0 Å². The van der Waals surface area contributed by atoms with Crippen LogP contribution in [-0.2, 0) is 0 Å². The van der Waals surface area contributed by atoms with E-state index in [-0.39, 0.29) is 6.03 Å². The first-order valence-electron chi connectivity index (χ1n) is 6.67. The normalized spacial score (nSPS) is 15.0. The van der Waals surface area contributed by atoms with Crippen LogP contribution in [0.15, 0.2) is 24.4 Å². The van der Waals surface area contributed by atoms with Crippen LogP contribution in [0.5, 0.6) is 0 Å². The van der Waals surface area contributed by atoms with Crippen LogP contribution in [0.2, 0.25) is 10.0 Å². The lowest BCUT2D eigenvalue weighted by Gasteiger charge is -2.34. The van der Waals surface area contributed by atoms with Crippen molar-refractivity contribution >= 4 is 52.5 Å². The summed E-state index contributed by atoms with van der Waals surface area (Å²) >= 11 is 13.0.